The number of para-hydroxylation sites is 1. The monoisotopic (exact) mass is 220 g/mol. The first-order valence-electron chi connectivity index (χ1n) is 5.45. The molecule has 0 fully saturated rings. The molecule has 3 heteroatoms. The molecule has 0 saturated heterocycles. The highest BCUT2D eigenvalue weighted by molar-refractivity contribution is 6.05. The van der Waals surface area contributed by atoms with Crippen molar-refractivity contribution < 1.29 is 4.42 Å². The maximum Gasteiger partial charge on any atom is 0.160 e. The zero-order valence-corrected chi connectivity index (χ0v) is 8.92. The van der Waals surface area contributed by atoms with Crippen molar-refractivity contribution in [3.8, 4) is 0 Å². The summed E-state index contributed by atoms with van der Waals surface area (Å²) in [5.74, 6) is 0. The summed E-state index contributed by atoms with van der Waals surface area (Å²) >= 11 is 0. The van der Waals surface area contributed by atoms with Crippen LogP contribution in [0.4, 0.5) is 0 Å². The van der Waals surface area contributed by atoms with Crippen LogP contribution in [0.3, 0.4) is 0 Å². The van der Waals surface area contributed by atoms with Crippen LogP contribution in [0, 0.1) is 0 Å². The van der Waals surface area contributed by atoms with Crippen molar-refractivity contribution in [2.75, 3.05) is 0 Å². The molecule has 0 amide bonds. The van der Waals surface area contributed by atoms with E-state index in [1.807, 2.05) is 42.5 Å². The first-order valence-corrected chi connectivity index (χ1v) is 5.45. The molecule has 3 nitrogen and oxygen atoms in total. The molecule has 0 saturated carbocycles. The Bertz CT molecular complexity index is 842. The minimum atomic E-state index is 0.756. The summed E-state index contributed by atoms with van der Waals surface area (Å²) in [6.07, 6.45) is 1.75. The van der Waals surface area contributed by atoms with E-state index in [4.69, 9.17) is 4.42 Å². The summed E-state index contributed by atoms with van der Waals surface area (Å²) in [5.41, 5.74) is 3.32. The van der Waals surface area contributed by atoms with Gasteiger partial charge in [0.2, 0.25) is 0 Å². The van der Waals surface area contributed by atoms with Crippen molar-refractivity contribution in [2.24, 2.45) is 0 Å². The van der Waals surface area contributed by atoms with Crippen LogP contribution in [0.2, 0.25) is 0 Å². The van der Waals surface area contributed by atoms with E-state index in [0.717, 1.165) is 33.1 Å². The van der Waals surface area contributed by atoms with Gasteiger partial charge in [-0.1, -0.05) is 12.1 Å². The molecule has 0 radical (unpaired) electrons. The van der Waals surface area contributed by atoms with E-state index < -0.39 is 0 Å². The van der Waals surface area contributed by atoms with Gasteiger partial charge >= 0.3 is 0 Å². The van der Waals surface area contributed by atoms with Crippen molar-refractivity contribution in [3.05, 3.63) is 48.7 Å². The number of hydrogen-bond donors (Lipinski definition) is 0. The van der Waals surface area contributed by atoms with Gasteiger partial charge < -0.3 is 4.42 Å². The highest BCUT2D eigenvalue weighted by Crippen LogP contribution is 2.28. The normalized spacial score (nSPS) is 11.5. The van der Waals surface area contributed by atoms with E-state index >= 15 is 0 Å². The number of nitrogens with zero attached hydrogens (tertiary/aromatic N) is 2. The van der Waals surface area contributed by atoms with Crippen LogP contribution in [0.15, 0.2) is 53.1 Å². The molecule has 0 aliphatic rings. The van der Waals surface area contributed by atoms with E-state index in [1.165, 1.54) is 0 Å². The van der Waals surface area contributed by atoms with E-state index in [0.29, 0.717) is 0 Å². The lowest BCUT2D eigenvalue weighted by atomic mass is 10.2. The molecule has 0 bridgehead atoms. The van der Waals surface area contributed by atoms with Crippen LogP contribution in [-0.2, 0) is 0 Å². The molecule has 0 unspecified atom stereocenters. The Morgan fingerprint density at radius 3 is 2.88 bits per heavy atom. The lowest BCUT2D eigenvalue weighted by molar-refractivity contribution is 0.669. The molecule has 1 aromatic carbocycles. The third-order valence-electron chi connectivity index (χ3n) is 2.92. The summed E-state index contributed by atoms with van der Waals surface area (Å²) in [4.78, 5) is 8.83. The minimum absolute atomic E-state index is 0.756. The Kier molecular flexibility index (Phi) is 1.56. The third-order valence-corrected chi connectivity index (χ3v) is 2.92. The first kappa shape index (κ1) is 8.70. The second-order valence-electron chi connectivity index (χ2n) is 3.98. The van der Waals surface area contributed by atoms with E-state index in [1.54, 1.807) is 6.20 Å². The van der Waals surface area contributed by atoms with Crippen molar-refractivity contribution >= 4 is 33.1 Å². The second kappa shape index (κ2) is 3.04. The molecular weight excluding hydrogens is 212 g/mol. The molecule has 0 aliphatic carbocycles. The largest absolute Gasteiger partial charge is 0.454 e. The zero-order valence-electron chi connectivity index (χ0n) is 8.92. The van der Waals surface area contributed by atoms with Crippen LogP contribution in [0.1, 0.15) is 0 Å². The number of furan rings is 1. The van der Waals surface area contributed by atoms with Crippen molar-refractivity contribution in [3.63, 3.8) is 0 Å². The molecule has 17 heavy (non-hydrogen) atoms. The predicted octanol–water partition coefficient (Wildman–Crippen LogP) is 3.53. The molecule has 3 heterocycles. The average molecular weight is 220 g/mol. The number of aromatic nitrogens is 2. The zero-order chi connectivity index (χ0) is 11.2. The van der Waals surface area contributed by atoms with Crippen molar-refractivity contribution in [1.82, 2.24) is 9.97 Å². The average Bonchev–Trinajstić information content (AvgIpc) is 2.73. The smallest absolute Gasteiger partial charge is 0.160 e. The highest BCUT2D eigenvalue weighted by atomic mass is 16.3. The molecule has 0 N–H and O–H groups in total. The summed E-state index contributed by atoms with van der Waals surface area (Å²) in [6.45, 7) is 0. The topological polar surface area (TPSA) is 38.9 Å². The number of fused-ring (bicyclic) bond motifs is 4. The maximum absolute atomic E-state index is 5.77. The van der Waals surface area contributed by atoms with Gasteiger partial charge in [-0.05, 0) is 30.3 Å². The van der Waals surface area contributed by atoms with Crippen LogP contribution >= 0.6 is 0 Å². The quantitative estimate of drug-likeness (QED) is 0.455. The molecule has 0 spiro atoms. The lowest BCUT2D eigenvalue weighted by Gasteiger charge is -1.94. The Labute approximate surface area is 96.7 Å². The fourth-order valence-electron chi connectivity index (χ4n) is 2.13. The lowest BCUT2D eigenvalue weighted by Crippen LogP contribution is -1.82. The standard InChI is InChI=1S/C14H8N2O/c1-2-6-11-10(5-1)13-12(17-11)8-9-4-3-7-15-14(9)16-13/h1-8H. The number of hydrogen-bond acceptors (Lipinski definition) is 3. The Morgan fingerprint density at radius 1 is 0.941 bits per heavy atom. The van der Waals surface area contributed by atoms with Crippen molar-refractivity contribution in [1.29, 1.82) is 0 Å². The van der Waals surface area contributed by atoms with Gasteiger partial charge in [0.1, 0.15) is 11.1 Å². The molecule has 4 aromatic rings. The van der Waals surface area contributed by atoms with Gasteiger partial charge in [0.15, 0.2) is 11.2 Å². The van der Waals surface area contributed by atoms with Crippen LogP contribution in [0.25, 0.3) is 33.1 Å². The summed E-state index contributed by atoms with van der Waals surface area (Å²) < 4.78 is 5.77. The van der Waals surface area contributed by atoms with Gasteiger partial charge in [-0.15, -0.1) is 0 Å². The maximum atomic E-state index is 5.77. The Balaban J connectivity index is 2.28. The van der Waals surface area contributed by atoms with Crippen LogP contribution in [-0.4, -0.2) is 9.97 Å². The van der Waals surface area contributed by atoms with Gasteiger partial charge in [0.05, 0.1) is 0 Å². The van der Waals surface area contributed by atoms with Crippen LogP contribution in [0.5, 0.6) is 0 Å². The van der Waals surface area contributed by atoms with E-state index in [9.17, 15) is 0 Å². The molecular formula is C14H8N2O. The van der Waals surface area contributed by atoms with Gasteiger partial charge in [0, 0.05) is 17.0 Å². The molecule has 0 atom stereocenters. The van der Waals surface area contributed by atoms with Gasteiger partial charge in [0.25, 0.3) is 0 Å². The number of rotatable bonds is 0. The third kappa shape index (κ3) is 1.16. The van der Waals surface area contributed by atoms with E-state index in [2.05, 4.69) is 9.97 Å². The van der Waals surface area contributed by atoms with Crippen molar-refractivity contribution in [2.45, 2.75) is 0 Å². The summed E-state index contributed by atoms with van der Waals surface area (Å²) in [7, 11) is 0. The molecule has 4 rings (SSSR count). The number of pyridine rings is 2. The van der Waals surface area contributed by atoms with Gasteiger partial charge in [-0.2, -0.15) is 0 Å². The fraction of sp³-hybridized carbons (Fsp3) is 0. The summed E-state index contributed by atoms with van der Waals surface area (Å²) in [5, 5.41) is 2.04. The predicted molar refractivity (Wildman–Crippen MR) is 66.8 cm³/mol. The molecule has 0 aliphatic heterocycles. The van der Waals surface area contributed by atoms with Crippen LogP contribution < -0.4 is 0 Å². The number of benzene rings is 1. The Hall–Kier alpha value is -2.42. The fourth-order valence-corrected chi connectivity index (χ4v) is 2.13. The SMILES string of the molecule is c1cnc2nc3c(cc2c1)oc1ccccc13. The Morgan fingerprint density at radius 2 is 1.88 bits per heavy atom. The molecule has 3 aromatic heterocycles. The van der Waals surface area contributed by atoms with Gasteiger partial charge in [-0.25, -0.2) is 9.97 Å². The summed E-state index contributed by atoms with van der Waals surface area (Å²) in [6, 6.07) is 13.8. The minimum Gasteiger partial charge on any atom is -0.454 e. The first-order chi connectivity index (χ1) is 8.42. The highest BCUT2D eigenvalue weighted by Gasteiger charge is 2.08. The van der Waals surface area contributed by atoms with Gasteiger partial charge in [-0.3, -0.25) is 0 Å². The van der Waals surface area contributed by atoms with E-state index in [-0.39, 0.29) is 0 Å². The second-order valence-corrected chi connectivity index (χ2v) is 3.98. The molecule has 80 valence electrons.